The fourth-order valence-electron chi connectivity index (χ4n) is 4.47. The fourth-order valence-corrected chi connectivity index (χ4v) is 4.47. The number of hydrogen-bond acceptors (Lipinski definition) is 5. The van der Waals surface area contributed by atoms with Crippen molar-refractivity contribution in [3.63, 3.8) is 0 Å². The number of ether oxygens (including phenoxy) is 1. The number of hydrogen-bond donors (Lipinski definition) is 2. The van der Waals surface area contributed by atoms with Crippen LogP contribution in [0.1, 0.15) is 30.4 Å². The highest BCUT2D eigenvalue weighted by Gasteiger charge is 2.34. The maximum atomic E-state index is 11.9. The Bertz CT molecular complexity index is 878. The van der Waals surface area contributed by atoms with Gasteiger partial charge in [0.15, 0.2) is 0 Å². The maximum Gasteiger partial charge on any atom is 0.227 e. The molecule has 1 fully saturated rings. The number of amides is 1. The van der Waals surface area contributed by atoms with Gasteiger partial charge in [0.25, 0.3) is 0 Å². The summed E-state index contributed by atoms with van der Waals surface area (Å²) in [6.45, 7) is 2.18. The van der Waals surface area contributed by atoms with Crippen LogP contribution in [0.15, 0.2) is 48.5 Å². The highest BCUT2D eigenvalue weighted by molar-refractivity contribution is 5.96. The van der Waals surface area contributed by atoms with Crippen molar-refractivity contribution >= 4 is 11.6 Å². The fraction of sp³-hybridized carbons (Fsp3) is 0.458. The molecule has 0 bridgehead atoms. The summed E-state index contributed by atoms with van der Waals surface area (Å²) in [5.41, 5.74) is 2.09. The van der Waals surface area contributed by atoms with Gasteiger partial charge >= 0.3 is 0 Å². The Morgan fingerprint density at radius 3 is 2.53 bits per heavy atom. The van der Waals surface area contributed by atoms with E-state index in [-0.39, 0.29) is 12.5 Å². The van der Waals surface area contributed by atoms with Crippen molar-refractivity contribution in [2.45, 2.75) is 37.4 Å². The summed E-state index contributed by atoms with van der Waals surface area (Å²) < 4.78 is 5.94. The van der Waals surface area contributed by atoms with E-state index >= 15 is 0 Å². The third-order valence-corrected chi connectivity index (χ3v) is 6.33. The molecule has 1 unspecified atom stereocenters. The molecule has 2 aromatic rings. The van der Waals surface area contributed by atoms with Crippen LogP contribution in [0.5, 0.6) is 5.75 Å². The van der Waals surface area contributed by atoms with Crippen molar-refractivity contribution in [1.29, 1.82) is 0 Å². The summed E-state index contributed by atoms with van der Waals surface area (Å²) >= 11 is 0. The summed E-state index contributed by atoms with van der Waals surface area (Å²) in [7, 11) is 1.78. The second kappa shape index (κ2) is 8.76. The summed E-state index contributed by atoms with van der Waals surface area (Å²) in [5, 5.41) is 21.5. The summed E-state index contributed by atoms with van der Waals surface area (Å²) in [6.07, 6.45) is 1.82. The number of benzene rings is 2. The lowest BCUT2D eigenvalue weighted by atomic mass is 9.84. The van der Waals surface area contributed by atoms with E-state index in [2.05, 4.69) is 4.90 Å². The lowest BCUT2D eigenvalue weighted by Gasteiger charge is -2.39. The van der Waals surface area contributed by atoms with Crippen LogP contribution in [0, 0.1) is 0 Å². The number of likely N-dealkylation sites (tertiary alicyclic amines) is 1. The smallest absolute Gasteiger partial charge is 0.227 e. The van der Waals surface area contributed by atoms with Crippen LogP contribution >= 0.6 is 0 Å². The Kier molecular flexibility index (Phi) is 6.09. The van der Waals surface area contributed by atoms with Gasteiger partial charge in [-0.3, -0.25) is 4.79 Å². The molecule has 2 heterocycles. The molecule has 2 N–H and O–H groups in total. The molecule has 0 spiro atoms. The molecule has 30 heavy (non-hydrogen) atoms. The number of anilines is 1. The van der Waals surface area contributed by atoms with E-state index in [9.17, 15) is 15.0 Å². The van der Waals surface area contributed by atoms with Crippen molar-refractivity contribution in [2.24, 2.45) is 0 Å². The number of aliphatic hydroxyl groups is 2. The van der Waals surface area contributed by atoms with Gasteiger partial charge < -0.3 is 24.7 Å². The molecule has 0 aliphatic carbocycles. The third-order valence-electron chi connectivity index (χ3n) is 6.33. The van der Waals surface area contributed by atoms with Crippen LogP contribution in [0.25, 0.3) is 0 Å². The van der Waals surface area contributed by atoms with Gasteiger partial charge in [0.1, 0.15) is 18.5 Å². The first-order valence-electron chi connectivity index (χ1n) is 10.7. The Morgan fingerprint density at radius 1 is 1.07 bits per heavy atom. The zero-order valence-electron chi connectivity index (χ0n) is 17.5. The van der Waals surface area contributed by atoms with E-state index in [0.717, 1.165) is 35.7 Å². The summed E-state index contributed by atoms with van der Waals surface area (Å²) in [6, 6.07) is 15.5. The van der Waals surface area contributed by atoms with Crippen molar-refractivity contribution in [1.82, 2.24) is 4.90 Å². The minimum absolute atomic E-state index is 0.111. The van der Waals surface area contributed by atoms with Gasteiger partial charge in [0, 0.05) is 38.7 Å². The largest absolute Gasteiger partial charge is 0.490 e. The van der Waals surface area contributed by atoms with E-state index in [4.69, 9.17) is 4.74 Å². The first-order valence-corrected chi connectivity index (χ1v) is 10.7. The molecule has 0 saturated carbocycles. The molecule has 6 nitrogen and oxygen atoms in total. The first-order chi connectivity index (χ1) is 14.5. The van der Waals surface area contributed by atoms with Gasteiger partial charge in [-0.15, -0.1) is 0 Å². The van der Waals surface area contributed by atoms with Gasteiger partial charge in [-0.05, 0) is 37.0 Å². The van der Waals surface area contributed by atoms with Gasteiger partial charge in [0.2, 0.25) is 5.91 Å². The zero-order chi connectivity index (χ0) is 21.1. The Balaban J connectivity index is 1.29. The van der Waals surface area contributed by atoms with Gasteiger partial charge in [-0.2, -0.15) is 0 Å². The van der Waals surface area contributed by atoms with E-state index in [1.807, 2.05) is 48.5 Å². The van der Waals surface area contributed by atoms with E-state index in [1.165, 1.54) is 0 Å². The van der Waals surface area contributed by atoms with Crippen molar-refractivity contribution in [3.8, 4) is 5.75 Å². The zero-order valence-corrected chi connectivity index (χ0v) is 17.5. The number of nitrogens with zero attached hydrogens (tertiary/aromatic N) is 2. The average Bonchev–Trinajstić information content (AvgIpc) is 2.77. The van der Waals surface area contributed by atoms with Gasteiger partial charge in [0.05, 0.1) is 11.3 Å². The number of piperidine rings is 1. The van der Waals surface area contributed by atoms with E-state index in [1.54, 1.807) is 11.9 Å². The number of fused-ring (bicyclic) bond motifs is 1. The Labute approximate surface area is 177 Å². The number of rotatable bonds is 6. The minimum Gasteiger partial charge on any atom is -0.490 e. The van der Waals surface area contributed by atoms with Crippen molar-refractivity contribution in [2.75, 3.05) is 38.2 Å². The number of aliphatic hydroxyl groups excluding tert-OH is 1. The molecule has 1 amide bonds. The van der Waals surface area contributed by atoms with E-state index in [0.29, 0.717) is 32.2 Å². The van der Waals surface area contributed by atoms with Gasteiger partial charge in [-0.1, -0.05) is 36.4 Å². The number of carbonyl (C=O) groups is 1. The van der Waals surface area contributed by atoms with Crippen LogP contribution < -0.4 is 9.64 Å². The highest BCUT2D eigenvalue weighted by Crippen LogP contribution is 2.34. The molecular weight excluding hydrogens is 380 g/mol. The molecule has 1 saturated heterocycles. The minimum atomic E-state index is -0.786. The summed E-state index contributed by atoms with van der Waals surface area (Å²) in [4.78, 5) is 15.8. The van der Waals surface area contributed by atoms with Crippen LogP contribution in [0.4, 0.5) is 5.69 Å². The van der Waals surface area contributed by atoms with Crippen LogP contribution in [0.2, 0.25) is 0 Å². The lowest BCUT2D eigenvalue weighted by Crippen LogP contribution is -2.46. The highest BCUT2D eigenvalue weighted by atomic mass is 16.5. The summed E-state index contributed by atoms with van der Waals surface area (Å²) in [5.74, 6) is 0.850. The molecule has 1 atom stereocenters. The predicted octanol–water partition coefficient (Wildman–Crippen LogP) is 2.32. The molecule has 4 rings (SSSR count). The Morgan fingerprint density at radius 2 is 1.80 bits per heavy atom. The quantitative estimate of drug-likeness (QED) is 0.765. The molecule has 6 heteroatoms. The molecule has 0 aromatic heterocycles. The van der Waals surface area contributed by atoms with E-state index < -0.39 is 11.7 Å². The van der Waals surface area contributed by atoms with Crippen LogP contribution in [-0.4, -0.2) is 60.4 Å². The van der Waals surface area contributed by atoms with Crippen LogP contribution in [0.3, 0.4) is 0 Å². The standard InChI is InChI=1S/C24H30N2O4/c1-25-21-8-5-9-22(20(21)10-11-23(25)28)30-17-19(27)16-26-14-12-24(29,13-15-26)18-6-3-2-4-7-18/h2-9,19,27,29H,10-17H2,1H3. The number of β-amino-alcohol motifs (C(OH)–C–C–N with tert-alkyl or cyclic N) is 1. The van der Waals surface area contributed by atoms with Gasteiger partial charge in [-0.25, -0.2) is 0 Å². The SMILES string of the molecule is CN1C(=O)CCc2c(OCC(O)CN3CCC(O)(c4ccccc4)CC3)cccc21. The molecule has 160 valence electrons. The topological polar surface area (TPSA) is 73.2 Å². The van der Waals surface area contributed by atoms with Crippen LogP contribution in [-0.2, 0) is 16.8 Å². The molecule has 2 aliphatic heterocycles. The third kappa shape index (κ3) is 4.36. The predicted molar refractivity (Wildman–Crippen MR) is 116 cm³/mol. The monoisotopic (exact) mass is 410 g/mol. The lowest BCUT2D eigenvalue weighted by molar-refractivity contribution is -0.118. The first kappa shape index (κ1) is 20.8. The molecule has 2 aromatic carbocycles. The normalized spacial score (nSPS) is 20.0. The van der Waals surface area contributed by atoms with Crippen molar-refractivity contribution in [3.05, 3.63) is 59.7 Å². The molecular formula is C24H30N2O4. The van der Waals surface area contributed by atoms with Crippen molar-refractivity contribution < 1.29 is 19.7 Å². The second-order valence-electron chi connectivity index (χ2n) is 8.37. The number of carbonyl (C=O) groups excluding carboxylic acids is 1. The molecule has 0 radical (unpaired) electrons. The second-order valence-corrected chi connectivity index (χ2v) is 8.37. The Hall–Kier alpha value is -2.41. The maximum absolute atomic E-state index is 11.9. The average molecular weight is 411 g/mol. The molecule has 2 aliphatic rings.